The SMILES string of the molecule is COc1c(F)c(F)cc2c1CC[C@H]2Nc1nc(C)cc2cc(C3C4=C(NC(CCc5ccc(F)cc5)=C3c3n[nH]c(=O)o3)C35CC(CN3C4=O)C5)sc12. The zero-order valence-electron chi connectivity index (χ0n) is 28.7. The third-order valence-electron chi connectivity index (χ3n) is 11.7. The number of thiophene rings is 1. The first-order valence-electron chi connectivity index (χ1n) is 17.7. The zero-order valence-corrected chi connectivity index (χ0v) is 29.6. The van der Waals surface area contributed by atoms with Crippen LogP contribution in [0.15, 0.2) is 68.6 Å². The number of benzene rings is 2. The quantitative estimate of drug-likeness (QED) is 0.159. The van der Waals surface area contributed by atoms with Crippen LogP contribution in [0.5, 0.6) is 5.75 Å². The fourth-order valence-electron chi connectivity index (χ4n) is 9.43. The Balaban J connectivity index is 1.11. The van der Waals surface area contributed by atoms with Gasteiger partial charge in [-0.3, -0.25) is 4.79 Å². The van der Waals surface area contributed by atoms with Gasteiger partial charge in [0.05, 0.1) is 40.6 Å². The van der Waals surface area contributed by atoms with Gasteiger partial charge in [0.1, 0.15) is 11.6 Å². The third-order valence-corrected chi connectivity index (χ3v) is 12.9. The Morgan fingerprint density at radius 2 is 1.91 bits per heavy atom. The van der Waals surface area contributed by atoms with Gasteiger partial charge in [-0.25, -0.2) is 23.7 Å². The van der Waals surface area contributed by atoms with E-state index in [0.29, 0.717) is 66.2 Å². The number of nitrogens with zero attached hydrogens (tertiary/aromatic N) is 3. The lowest BCUT2D eigenvalue weighted by Crippen LogP contribution is -2.48. The van der Waals surface area contributed by atoms with Crippen LogP contribution >= 0.6 is 11.3 Å². The molecule has 1 spiro atoms. The molecule has 11 rings (SSSR count). The molecule has 7 heterocycles. The van der Waals surface area contributed by atoms with Crippen LogP contribution in [0.1, 0.15) is 70.8 Å². The molecular formula is C39H33F3N6O4S. The lowest BCUT2D eigenvalue weighted by Gasteiger charge is -2.42. The molecule has 14 heteroatoms. The lowest BCUT2D eigenvalue weighted by molar-refractivity contribution is -0.127. The maximum absolute atomic E-state index is 14.7. The molecule has 3 fully saturated rings. The van der Waals surface area contributed by atoms with E-state index in [1.165, 1.54) is 36.6 Å². The van der Waals surface area contributed by atoms with Crippen LogP contribution in [0.3, 0.4) is 0 Å². The second-order valence-electron chi connectivity index (χ2n) is 14.7. The summed E-state index contributed by atoms with van der Waals surface area (Å²) in [5, 5.41) is 14.8. The molecule has 0 radical (unpaired) electrons. The van der Waals surface area contributed by atoms with E-state index in [0.717, 1.165) is 50.5 Å². The van der Waals surface area contributed by atoms with E-state index in [2.05, 4.69) is 26.9 Å². The zero-order chi connectivity index (χ0) is 36.3. The highest BCUT2D eigenvalue weighted by Gasteiger charge is 2.66. The maximum Gasteiger partial charge on any atom is 0.434 e. The summed E-state index contributed by atoms with van der Waals surface area (Å²) in [7, 11) is 1.34. The molecule has 2 aromatic carbocycles. The summed E-state index contributed by atoms with van der Waals surface area (Å²) in [6.07, 6.45) is 3.91. The Labute approximate surface area is 304 Å². The number of rotatable bonds is 8. The van der Waals surface area contributed by atoms with Gasteiger partial charge in [-0.05, 0) is 98.2 Å². The molecule has 1 saturated carbocycles. The van der Waals surface area contributed by atoms with E-state index in [1.807, 2.05) is 17.9 Å². The van der Waals surface area contributed by atoms with E-state index in [9.17, 15) is 22.8 Å². The van der Waals surface area contributed by atoms with Gasteiger partial charge in [0.2, 0.25) is 11.7 Å². The second kappa shape index (κ2) is 11.6. The fraction of sp³-hybridized carbons (Fsp3) is 0.333. The summed E-state index contributed by atoms with van der Waals surface area (Å²) < 4.78 is 54.8. The van der Waals surface area contributed by atoms with Gasteiger partial charge in [0.25, 0.3) is 5.91 Å². The van der Waals surface area contributed by atoms with E-state index in [4.69, 9.17) is 14.1 Å². The molecule has 10 nitrogen and oxygen atoms in total. The highest BCUT2D eigenvalue weighted by molar-refractivity contribution is 7.19. The van der Waals surface area contributed by atoms with Crippen molar-refractivity contribution < 1.29 is 27.1 Å². The number of hydrogen-bond donors (Lipinski definition) is 3. The minimum atomic E-state index is -0.992. The second-order valence-corrected chi connectivity index (χ2v) is 15.8. The Morgan fingerprint density at radius 3 is 2.66 bits per heavy atom. The van der Waals surface area contributed by atoms with Crippen LogP contribution in [-0.2, 0) is 17.6 Å². The van der Waals surface area contributed by atoms with Crippen LogP contribution in [-0.4, -0.2) is 45.2 Å². The van der Waals surface area contributed by atoms with Crippen molar-refractivity contribution in [2.75, 3.05) is 19.0 Å². The van der Waals surface area contributed by atoms with Gasteiger partial charge >= 0.3 is 5.76 Å². The molecule has 270 valence electrons. The summed E-state index contributed by atoms with van der Waals surface area (Å²) in [5.74, 6) is -2.58. The number of halogens is 3. The third kappa shape index (κ3) is 4.76. The monoisotopic (exact) mass is 738 g/mol. The molecule has 2 saturated heterocycles. The normalized spacial score (nSPS) is 24.1. The standard InChI is InChI=1S/C39H33F3N6O4S/c1-17-11-20-12-27(53-33(20)35(43-17)45-25-10-8-22-23(25)13-24(41)31(42)32(22)51-2)29-28(36-46-47-38(50)52-36)26(9-5-18-3-6-21(40)7-4-18)44-34-30(29)37(49)48-16-19-14-39(34,48)15-19/h3-4,6-7,11-13,19,25,29,44H,5,8-10,14-16H2,1-2H3,(H,43,45)(H,47,50)/t19?,25-,29?,39?/m1/s1. The summed E-state index contributed by atoms with van der Waals surface area (Å²) in [5.41, 5.74) is 5.43. The maximum atomic E-state index is 14.7. The molecule has 2 atom stereocenters. The molecule has 2 bridgehead atoms. The molecule has 2 aliphatic carbocycles. The predicted molar refractivity (Wildman–Crippen MR) is 191 cm³/mol. The number of dihydropyridines is 1. The molecule has 4 aliphatic heterocycles. The number of hydrogen-bond acceptors (Lipinski definition) is 9. The number of nitrogens with one attached hydrogen (secondary N) is 3. The number of aromatic amines is 1. The largest absolute Gasteiger partial charge is 0.493 e. The number of pyridine rings is 1. The van der Waals surface area contributed by atoms with Gasteiger partial charge in [-0.2, -0.15) is 4.39 Å². The Bertz CT molecular complexity index is 2510. The van der Waals surface area contributed by atoms with Crippen molar-refractivity contribution in [3.63, 3.8) is 0 Å². The van der Waals surface area contributed by atoms with Crippen molar-refractivity contribution in [3.8, 4) is 5.75 Å². The van der Waals surface area contributed by atoms with Crippen LogP contribution < -0.4 is 21.1 Å². The van der Waals surface area contributed by atoms with Gasteiger partial charge < -0.3 is 24.7 Å². The summed E-state index contributed by atoms with van der Waals surface area (Å²) in [4.78, 5) is 34.6. The predicted octanol–water partition coefficient (Wildman–Crippen LogP) is 6.80. The fourth-order valence-corrected chi connectivity index (χ4v) is 10.6. The molecule has 3 aromatic heterocycles. The molecular weight excluding hydrogens is 706 g/mol. The first-order valence-corrected chi connectivity index (χ1v) is 18.5. The number of anilines is 1. The Kier molecular flexibility index (Phi) is 7.05. The summed E-state index contributed by atoms with van der Waals surface area (Å²) in [6, 6.07) is 11.3. The highest BCUT2D eigenvalue weighted by Crippen LogP contribution is 2.62. The lowest BCUT2D eigenvalue weighted by atomic mass is 9.69. The van der Waals surface area contributed by atoms with Crippen LogP contribution in [0.25, 0.3) is 15.7 Å². The van der Waals surface area contributed by atoms with Crippen molar-refractivity contribution in [1.82, 2.24) is 25.4 Å². The highest BCUT2D eigenvalue weighted by atomic mass is 32.1. The number of allylic oxidation sites excluding steroid dienone is 2. The molecule has 1 unspecified atom stereocenters. The van der Waals surface area contributed by atoms with E-state index < -0.39 is 28.8 Å². The number of carbonyl (C=O) groups excluding carboxylic acids is 1. The van der Waals surface area contributed by atoms with Crippen LogP contribution in [0.4, 0.5) is 19.0 Å². The number of carbonyl (C=O) groups is 1. The smallest absolute Gasteiger partial charge is 0.434 e. The first kappa shape index (κ1) is 32.3. The average Bonchev–Trinajstić information content (AvgIpc) is 3.97. The van der Waals surface area contributed by atoms with Crippen molar-refractivity contribution in [2.24, 2.45) is 5.92 Å². The number of H-pyrrole nitrogens is 1. The molecule has 3 N–H and O–H groups in total. The molecule has 6 aliphatic rings. The van der Waals surface area contributed by atoms with E-state index >= 15 is 0 Å². The number of fused-ring (bicyclic) bond motifs is 2. The number of aromatic nitrogens is 3. The van der Waals surface area contributed by atoms with E-state index in [1.54, 1.807) is 12.1 Å². The number of ether oxygens (including phenoxy) is 1. The van der Waals surface area contributed by atoms with Crippen molar-refractivity contribution in [1.29, 1.82) is 0 Å². The topological polar surface area (TPSA) is 125 Å². The van der Waals surface area contributed by atoms with Gasteiger partial charge in [-0.1, -0.05) is 12.1 Å². The molecule has 53 heavy (non-hydrogen) atoms. The van der Waals surface area contributed by atoms with Crippen molar-refractivity contribution >= 4 is 38.7 Å². The Morgan fingerprint density at radius 1 is 1.09 bits per heavy atom. The number of aryl methyl sites for hydroxylation is 2. The van der Waals surface area contributed by atoms with Gasteiger partial charge in [0.15, 0.2) is 11.6 Å². The average molecular weight is 739 g/mol. The summed E-state index contributed by atoms with van der Waals surface area (Å²) in [6.45, 7) is 2.59. The van der Waals surface area contributed by atoms with Gasteiger partial charge in [-0.15, -0.1) is 16.4 Å². The van der Waals surface area contributed by atoms with Crippen LogP contribution in [0, 0.1) is 30.3 Å². The molecule has 5 aromatic rings. The first-order chi connectivity index (χ1) is 25.6. The van der Waals surface area contributed by atoms with Gasteiger partial charge in [0, 0.05) is 33.9 Å². The van der Waals surface area contributed by atoms with Crippen molar-refractivity contribution in [3.05, 3.63) is 121 Å². The number of methoxy groups -OCH3 is 1. The molecule has 1 amide bonds. The van der Waals surface area contributed by atoms with E-state index in [-0.39, 0.29) is 29.4 Å². The Hall–Kier alpha value is -5.37. The minimum absolute atomic E-state index is 0.0404. The number of amides is 1. The van der Waals surface area contributed by atoms with Crippen LogP contribution in [0.2, 0.25) is 0 Å². The minimum Gasteiger partial charge on any atom is -0.493 e. The summed E-state index contributed by atoms with van der Waals surface area (Å²) >= 11 is 1.48. The van der Waals surface area contributed by atoms with Crippen molar-refractivity contribution in [2.45, 2.75) is 62.9 Å².